The maximum absolute atomic E-state index is 4.44. The summed E-state index contributed by atoms with van der Waals surface area (Å²) < 4.78 is 3.80. The molecule has 4 aromatic rings. The predicted molar refractivity (Wildman–Crippen MR) is 134 cm³/mol. The number of hydrogen-bond donors (Lipinski definition) is 2. The first-order valence-corrected chi connectivity index (χ1v) is 9.89. The maximum atomic E-state index is 4.44. The van der Waals surface area contributed by atoms with E-state index in [1.54, 1.807) is 13.2 Å². The van der Waals surface area contributed by atoms with Gasteiger partial charge in [-0.1, -0.05) is 42.5 Å². The number of nitrogens with zero attached hydrogens (tertiary/aromatic N) is 5. The summed E-state index contributed by atoms with van der Waals surface area (Å²) >= 11 is 0. The third-order valence-corrected chi connectivity index (χ3v) is 4.80. The Kier molecular flexibility index (Phi) is 8.22. The van der Waals surface area contributed by atoms with Gasteiger partial charge in [0.15, 0.2) is 5.96 Å². The molecule has 2 aromatic carbocycles. The minimum absolute atomic E-state index is 0. The molecule has 2 aromatic heterocycles. The van der Waals surface area contributed by atoms with Crippen molar-refractivity contribution in [1.29, 1.82) is 0 Å². The summed E-state index contributed by atoms with van der Waals surface area (Å²) in [5.41, 5.74) is 4.57. The van der Waals surface area contributed by atoms with Crippen LogP contribution in [0.25, 0.3) is 5.69 Å². The molecule has 160 valence electrons. The lowest BCUT2D eigenvalue weighted by atomic mass is 10.1. The molecule has 0 aliphatic rings. The third-order valence-electron chi connectivity index (χ3n) is 4.80. The molecule has 7 nitrogen and oxygen atoms in total. The summed E-state index contributed by atoms with van der Waals surface area (Å²) in [7, 11) is 1.78. The predicted octanol–water partition coefficient (Wildman–Crippen LogP) is 3.60. The van der Waals surface area contributed by atoms with Crippen LogP contribution in [0.15, 0.2) is 90.4 Å². The highest BCUT2D eigenvalue weighted by atomic mass is 127. The van der Waals surface area contributed by atoms with E-state index in [9.17, 15) is 0 Å². The molecule has 0 amide bonds. The fourth-order valence-electron chi connectivity index (χ4n) is 3.21. The molecular formula is C23H26IN7. The van der Waals surface area contributed by atoms with Crippen molar-refractivity contribution in [3.63, 3.8) is 0 Å². The number of nitrogens with one attached hydrogen (secondary N) is 2. The molecule has 2 N–H and O–H groups in total. The van der Waals surface area contributed by atoms with Crippen LogP contribution in [0, 0.1) is 0 Å². The van der Waals surface area contributed by atoms with Crippen LogP contribution >= 0.6 is 24.0 Å². The fourth-order valence-corrected chi connectivity index (χ4v) is 3.21. The molecule has 0 fully saturated rings. The Morgan fingerprint density at radius 3 is 2.39 bits per heavy atom. The minimum atomic E-state index is 0. The monoisotopic (exact) mass is 527 g/mol. The Morgan fingerprint density at radius 2 is 1.65 bits per heavy atom. The van der Waals surface area contributed by atoms with E-state index in [0.717, 1.165) is 23.8 Å². The van der Waals surface area contributed by atoms with Gasteiger partial charge >= 0.3 is 0 Å². The number of rotatable bonds is 7. The van der Waals surface area contributed by atoms with Gasteiger partial charge in [-0.05, 0) is 29.3 Å². The maximum Gasteiger partial charge on any atom is 0.191 e. The van der Waals surface area contributed by atoms with Crippen LogP contribution in [0.2, 0.25) is 0 Å². The van der Waals surface area contributed by atoms with Crippen LogP contribution in [0.5, 0.6) is 0 Å². The summed E-state index contributed by atoms with van der Waals surface area (Å²) in [5.74, 6) is 0.747. The SMILES string of the molecule is CN=C(NCc1cnn(-c2ccccc2)c1)NCc1ccccc1Cn1cccn1.I. The highest BCUT2D eigenvalue weighted by Gasteiger charge is 2.06. The number of guanidine groups is 1. The molecule has 2 heterocycles. The summed E-state index contributed by atoms with van der Waals surface area (Å²) in [6.07, 6.45) is 7.66. The van der Waals surface area contributed by atoms with Gasteiger partial charge < -0.3 is 10.6 Å². The lowest BCUT2D eigenvalue weighted by Crippen LogP contribution is -2.36. The van der Waals surface area contributed by atoms with Crippen molar-refractivity contribution in [2.45, 2.75) is 19.6 Å². The number of aromatic nitrogens is 4. The molecule has 0 atom stereocenters. The molecule has 0 radical (unpaired) electrons. The Hall–Kier alpha value is -3.14. The Balaban J connectivity index is 0.00000272. The van der Waals surface area contributed by atoms with E-state index in [-0.39, 0.29) is 24.0 Å². The van der Waals surface area contributed by atoms with E-state index >= 15 is 0 Å². The molecule has 0 bridgehead atoms. The zero-order valence-electron chi connectivity index (χ0n) is 17.3. The molecule has 8 heteroatoms. The standard InChI is InChI=1S/C23H25N7.HI/c1-24-23(25-14-19-15-28-30(17-19)22-10-3-2-4-11-22)26-16-20-8-5-6-9-21(20)18-29-13-7-12-27-29;/h2-13,15,17H,14,16,18H2,1H3,(H2,24,25,26);1H. The zero-order chi connectivity index (χ0) is 20.6. The van der Waals surface area contributed by atoms with Gasteiger partial charge in [-0.2, -0.15) is 10.2 Å². The van der Waals surface area contributed by atoms with Crippen LogP contribution in [-0.2, 0) is 19.6 Å². The lowest BCUT2D eigenvalue weighted by Gasteiger charge is -2.14. The van der Waals surface area contributed by atoms with Crippen molar-refractivity contribution in [2.24, 2.45) is 4.99 Å². The second-order valence-corrected chi connectivity index (χ2v) is 6.88. The van der Waals surface area contributed by atoms with Crippen LogP contribution in [0.1, 0.15) is 16.7 Å². The van der Waals surface area contributed by atoms with Crippen molar-refractivity contribution in [3.05, 3.63) is 102 Å². The lowest BCUT2D eigenvalue weighted by molar-refractivity contribution is 0.677. The van der Waals surface area contributed by atoms with Gasteiger partial charge in [0.25, 0.3) is 0 Å². The number of para-hydroxylation sites is 1. The molecule has 0 unspecified atom stereocenters. The number of hydrogen-bond acceptors (Lipinski definition) is 3. The van der Waals surface area contributed by atoms with E-state index in [1.807, 2.05) is 64.4 Å². The van der Waals surface area contributed by atoms with Gasteiger partial charge in [-0.25, -0.2) is 4.68 Å². The van der Waals surface area contributed by atoms with Crippen molar-refractivity contribution >= 4 is 29.9 Å². The normalized spacial score (nSPS) is 11.1. The summed E-state index contributed by atoms with van der Waals surface area (Å²) in [5, 5.41) is 15.5. The average molecular weight is 527 g/mol. The minimum Gasteiger partial charge on any atom is -0.352 e. The van der Waals surface area contributed by atoms with Crippen molar-refractivity contribution < 1.29 is 0 Å². The average Bonchev–Trinajstić information content (AvgIpc) is 3.48. The first-order valence-electron chi connectivity index (χ1n) is 9.89. The van der Waals surface area contributed by atoms with Gasteiger partial charge in [0, 0.05) is 44.3 Å². The highest BCUT2D eigenvalue weighted by Crippen LogP contribution is 2.10. The summed E-state index contributed by atoms with van der Waals surface area (Å²) in [6, 6.07) is 20.4. The van der Waals surface area contributed by atoms with Crippen molar-refractivity contribution in [1.82, 2.24) is 30.2 Å². The Morgan fingerprint density at radius 1 is 0.903 bits per heavy atom. The number of benzene rings is 2. The van der Waals surface area contributed by atoms with Gasteiger partial charge in [0.1, 0.15) is 0 Å². The fraction of sp³-hybridized carbons (Fsp3) is 0.174. The first kappa shape index (κ1) is 22.5. The van der Waals surface area contributed by atoms with Crippen molar-refractivity contribution in [3.8, 4) is 5.69 Å². The van der Waals surface area contributed by atoms with E-state index in [4.69, 9.17) is 0 Å². The second-order valence-electron chi connectivity index (χ2n) is 6.88. The smallest absolute Gasteiger partial charge is 0.191 e. The van der Waals surface area contributed by atoms with Crippen molar-refractivity contribution in [2.75, 3.05) is 7.05 Å². The largest absolute Gasteiger partial charge is 0.352 e. The molecular weight excluding hydrogens is 501 g/mol. The summed E-state index contributed by atoms with van der Waals surface area (Å²) in [6.45, 7) is 2.07. The molecule has 0 aliphatic heterocycles. The molecule has 31 heavy (non-hydrogen) atoms. The van der Waals surface area contributed by atoms with Gasteiger partial charge in [0.2, 0.25) is 0 Å². The van der Waals surface area contributed by atoms with E-state index < -0.39 is 0 Å². The van der Waals surface area contributed by atoms with E-state index in [1.165, 1.54) is 11.1 Å². The van der Waals surface area contributed by atoms with Gasteiger partial charge in [-0.15, -0.1) is 24.0 Å². The van der Waals surface area contributed by atoms with Crippen LogP contribution in [0.3, 0.4) is 0 Å². The quantitative estimate of drug-likeness (QED) is 0.219. The zero-order valence-corrected chi connectivity index (χ0v) is 19.7. The second kappa shape index (κ2) is 11.3. The molecule has 0 spiro atoms. The topological polar surface area (TPSA) is 72.1 Å². The highest BCUT2D eigenvalue weighted by molar-refractivity contribution is 14.0. The summed E-state index contributed by atoms with van der Waals surface area (Å²) in [4.78, 5) is 4.34. The van der Waals surface area contributed by atoms with E-state index in [0.29, 0.717) is 13.1 Å². The van der Waals surface area contributed by atoms with Gasteiger partial charge in [-0.3, -0.25) is 9.67 Å². The van der Waals surface area contributed by atoms with Crippen LogP contribution < -0.4 is 10.6 Å². The first-order chi connectivity index (χ1) is 14.8. The molecule has 0 saturated carbocycles. The van der Waals surface area contributed by atoms with Gasteiger partial charge in [0.05, 0.1) is 18.4 Å². The molecule has 4 rings (SSSR count). The Bertz CT molecular complexity index is 1090. The number of halogens is 1. The van der Waals surface area contributed by atoms with Crippen LogP contribution in [0.4, 0.5) is 0 Å². The molecule has 0 saturated heterocycles. The van der Waals surface area contributed by atoms with Crippen LogP contribution in [-0.4, -0.2) is 32.6 Å². The Labute approximate surface area is 199 Å². The third kappa shape index (κ3) is 6.17. The molecule has 0 aliphatic carbocycles. The number of aliphatic imine (C=N–C) groups is 1. The van der Waals surface area contributed by atoms with E-state index in [2.05, 4.69) is 50.1 Å².